The maximum atomic E-state index is 11.7. The van der Waals surface area contributed by atoms with E-state index >= 15 is 0 Å². The van der Waals surface area contributed by atoms with E-state index in [0.29, 0.717) is 32.3 Å². The lowest BCUT2D eigenvalue weighted by Crippen LogP contribution is -1.96. The zero-order valence-corrected chi connectivity index (χ0v) is 14.8. The molecule has 2 aromatic carbocycles. The number of aromatic carboxylic acids is 2. The lowest BCUT2D eigenvalue weighted by atomic mass is 9.94. The highest BCUT2D eigenvalue weighted by Crippen LogP contribution is 2.43. The van der Waals surface area contributed by atoms with E-state index < -0.39 is 11.9 Å². The molecule has 0 fully saturated rings. The Morgan fingerprint density at radius 3 is 1.28 bits per heavy atom. The van der Waals surface area contributed by atoms with Crippen LogP contribution in [0.3, 0.4) is 0 Å². The molecule has 4 nitrogen and oxygen atoms in total. The average Bonchev–Trinajstić information content (AvgIpc) is 2.97. The van der Waals surface area contributed by atoms with Gasteiger partial charge in [0.25, 0.3) is 0 Å². The number of halogens is 2. The third-order valence-electron chi connectivity index (χ3n) is 3.56. The van der Waals surface area contributed by atoms with Gasteiger partial charge in [0.05, 0.1) is 0 Å². The zero-order chi connectivity index (χ0) is 18.1. The molecule has 0 bridgehead atoms. The number of carbonyl (C=O) groups is 2. The summed E-state index contributed by atoms with van der Waals surface area (Å²) < 4.78 is 0. The molecule has 0 spiro atoms. The molecule has 3 aromatic rings. The Bertz CT molecular complexity index is 882. The van der Waals surface area contributed by atoms with E-state index in [-0.39, 0.29) is 9.75 Å². The predicted octanol–water partition coefficient (Wildman–Crippen LogP) is 5.79. The second-order valence-corrected chi connectivity index (χ2v) is 7.03. The molecule has 0 saturated carbocycles. The Hall–Kier alpha value is -2.34. The van der Waals surface area contributed by atoms with Crippen LogP contribution in [-0.4, -0.2) is 22.2 Å². The lowest BCUT2D eigenvalue weighted by molar-refractivity contribution is 0.0694. The Kier molecular flexibility index (Phi) is 4.81. The lowest BCUT2D eigenvalue weighted by Gasteiger charge is -2.08. The van der Waals surface area contributed by atoms with Crippen LogP contribution in [0.5, 0.6) is 0 Å². The van der Waals surface area contributed by atoms with Gasteiger partial charge in [-0.25, -0.2) is 9.59 Å². The van der Waals surface area contributed by atoms with Crippen molar-refractivity contribution in [3.63, 3.8) is 0 Å². The van der Waals surface area contributed by atoms with E-state index in [1.165, 1.54) is 0 Å². The normalized spacial score (nSPS) is 10.6. The first-order valence-electron chi connectivity index (χ1n) is 7.03. The van der Waals surface area contributed by atoms with Gasteiger partial charge in [-0.2, -0.15) is 0 Å². The summed E-state index contributed by atoms with van der Waals surface area (Å²) in [5, 5.41) is 20.1. The fourth-order valence-corrected chi connectivity index (χ4v) is 3.79. The first-order valence-corrected chi connectivity index (χ1v) is 8.61. The monoisotopic (exact) mass is 392 g/mol. The van der Waals surface area contributed by atoms with Crippen molar-refractivity contribution < 1.29 is 19.8 Å². The number of carboxylic acid groups (broad SMARTS) is 2. The molecule has 0 saturated heterocycles. The first kappa shape index (κ1) is 17.5. The van der Waals surface area contributed by atoms with Crippen molar-refractivity contribution in [1.29, 1.82) is 0 Å². The Labute approximate surface area is 156 Å². The molecule has 0 aliphatic carbocycles. The van der Waals surface area contributed by atoms with Crippen LogP contribution in [0.2, 0.25) is 10.0 Å². The standard InChI is InChI=1S/C18H10Cl2O4S/c19-11-5-1-9(2-6-11)13-14(10-3-7-12(20)8-4-10)16(18(23)24)25-15(13)17(21)22/h1-8H,(H,21,22)(H,23,24). The highest BCUT2D eigenvalue weighted by atomic mass is 35.5. The first-order chi connectivity index (χ1) is 11.9. The van der Waals surface area contributed by atoms with Crippen molar-refractivity contribution in [2.45, 2.75) is 0 Å². The maximum Gasteiger partial charge on any atom is 0.346 e. The quantitative estimate of drug-likeness (QED) is 0.589. The summed E-state index contributed by atoms with van der Waals surface area (Å²) in [6, 6.07) is 13.2. The number of hydrogen-bond acceptors (Lipinski definition) is 3. The molecule has 0 atom stereocenters. The van der Waals surface area contributed by atoms with Crippen molar-refractivity contribution in [2.75, 3.05) is 0 Å². The van der Waals surface area contributed by atoms with Crippen molar-refractivity contribution in [3.05, 3.63) is 68.3 Å². The molecule has 1 aromatic heterocycles. The Morgan fingerprint density at radius 2 is 1.00 bits per heavy atom. The van der Waals surface area contributed by atoms with E-state index in [2.05, 4.69) is 0 Å². The third-order valence-corrected chi connectivity index (χ3v) is 5.23. The summed E-state index contributed by atoms with van der Waals surface area (Å²) in [7, 11) is 0. The molecule has 3 rings (SSSR count). The van der Waals surface area contributed by atoms with Crippen molar-refractivity contribution in [3.8, 4) is 22.3 Å². The minimum atomic E-state index is -1.18. The van der Waals surface area contributed by atoms with Gasteiger partial charge in [-0.15, -0.1) is 11.3 Å². The van der Waals surface area contributed by atoms with Crippen LogP contribution in [0.1, 0.15) is 19.3 Å². The molecule has 1 heterocycles. The van der Waals surface area contributed by atoms with Crippen molar-refractivity contribution >= 4 is 46.5 Å². The molecule has 7 heteroatoms. The van der Waals surface area contributed by atoms with Crippen molar-refractivity contribution in [2.24, 2.45) is 0 Å². The van der Waals surface area contributed by atoms with Gasteiger partial charge in [-0.05, 0) is 35.4 Å². The fourth-order valence-electron chi connectivity index (χ4n) is 2.52. The number of thiophene rings is 1. The van der Waals surface area contributed by atoms with E-state index in [0.717, 1.165) is 11.3 Å². The molecule has 0 aliphatic heterocycles. The van der Waals surface area contributed by atoms with Crippen LogP contribution < -0.4 is 0 Å². The summed E-state index contributed by atoms with van der Waals surface area (Å²) in [6.07, 6.45) is 0. The SMILES string of the molecule is O=C(O)c1sc(C(=O)O)c(-c2ccc(Cl)cc2)c1-c1ccc(Cl)cc1. The van der Waals surface area contributed by atoms with Crippen LogP contribution in [0.15, 0.2) is 48.5 Å². The molecule has 0 aliphatic rings. The topological polar surface area (TPSA) is 74.6 Å². The van der Waals surface area contributed by atoms with E-state index in [9.17, 15) is 19.8 Å². The Balaban J connectivity index is 2.37. The average molecular weight is 393 g/mol. The molecule has 2 N–H and O–H groups in total. The van der Waals surface area contributed by atoms with E-state index in [4.69, 9.17) is 23.2 Å². The Morgan fingerprint density at radius 1 is 0.680 bits per heavy atom. The number of rotatable bonds is 4. The number of carboxylic acids is 2. The highest BCUT2D eigenvalue weighted by Gasteiger charge is 2.27. The summed E-state index contributed by atoms with van der Waals surface area (Å²) in [5.41, 5.74) is 1.87. The van der Waals surface area contributed by atoms with Crippen LogP contribution in [0, 0.1) is 0 Å². The summed E-state index contributed by atoms with van der Waals surface area (Å²) in [4.78, 5) is 23.3. The van der Waals surface area contributed by atoms with Gasteiger partial charge in [-0.1, -0.05) is 47.5 Å². The number of hydrogen-bond donors (Lipinski definition) is 2. The molecule has 0 radical (unpaired) electrons. The van der Waals surface area contributed by atoms with Gasteiger partial charge in [0, 0.05) is 21.2 Å². The zero-order valence-electron chi connectivity index (χ0n) is 12.5. The minimum Gasteiger partial charge on any atom is -0.477 e. The van der Waals surface area contributed by atoms with Gasteiger partial charge in [0.2, 0.25) is 0 Å². The fraction of sp³-hybridized carbons (Fsp3) is 0. The minimum absolute atomic E-state index is 0.0373. The van der Waals surface area contributed by atoms with E-state index in [1.807, 2.05) is 0 Å². The molecular weight excluding hydrogens is 383 g/mol. The third kappa shape index (κ3) is 3.39. The molecule has 126 valence electrons. The second-order valence-electron chi connectivity index (χ2n) is 5.13. The molecule has 0 amide bonds. The summed E-state index contributed by atoms with van der Waals surface area (Å²) in [5.74, 6) is -2.37. The van der Waals surface area contributed by atoms with Gasteiger partial charge < -0.3 is 10.2 Å². The smallest absolute Gasteiger partial charge is 0.346 e. The van der Waals surface area contributed by atoms with E-state index in [1.54, 1.807) is 48.5 Å². The molecular formula is C18H10Cl2O4S. The molecule has 25 heavy (non-hydrogen) atoms. The van der Waals surface area contributed by atoms with Gasteiger partial charge in [-0.3, -0.25) is 0 Å². The molecule has 0 unspecified atom stereocenters. The van der Waals surface area contributed by atoms with Crippen molar-refractivity contribution in [1.82, 2.24) is 0 Å². The van der Waals surface area contributed by atoms with Gasteiger partial charge in [0.15, 0.2) is 0 Å². The van der Waals surface area contributed by atoms with Crippen LogP contribution >= 0.6 is 34.5 Å². The number of benzene rings is 2. The summed E-state index contributed by atoms with van der Waals surface area (Å²) >= 11 is 12.6. The van der Waals surface area contributed by atoms with Crippen LogP contribution in [0.25, 0.3) is 22.3 Å². The maximum absolute atomic E-state index is 11.7. The van der Waals surface area contributed by atoms with Gasteiger partial charge >= 0.3 is 11.9 Å². The largest absolute Gasteiger partial charge is 0.477 e. The van der Waals surface area contributed by atoms with Crippen LogP contribution in [0.4, 0.5) is 0 Å². The second kappa shape index (κ2) is 6.88. The highest BCUT2D eigenvalue weighted by molar-refractivity contribution is 7.17. The summed E-state index contributed by atoms with van der Waals surface area (Å²) in [6.45, 7) is 0. The predicted molar refractivity (Wildman–Crippen MR) is 99.1 cm³/mol. The van der Waals surface area contributed by atoms with Gasteiger partial charge in [0.1, 0.15) is 9.75 Å². The van der Waals surface area contributed by atoms with Crippen LogP contribution in [-0.2, 0) is 0 Å².